The number of carbonyl (C=O) groups is 2. The lowest BCUT2D eigenvalue weighted by Crippen LogP contribution is -2.36. The number of nitrogens with zero attached hydrogens (tertiary/aromatic N) is 1. The first-order valence-corrected chi connectivity index (χ1v) is 5.95. The molecule has 0 atom stereocenters. The summed E-state index contributed by atoms with van der Waals surface area (Å²) < 4.78 is 0.729. The van der Waals surface area contributed by atoms with E-state index < -0.39 is 0 Å². The standard InChI is InChI=1S/C12H15BrN2O2/c1-8-4-5-9(10(13)6-8)12(17)14-7-11(16)15(2)3/h4-6H,7H2,1-3H3,(H,14,17). The van der Waals surface area contributed by atoms with Gasteiger partial charge in [0.2, 0.25) is 5.91 Å². The lowest BCUT2D eigenvalue weighted by molar-refractivity contribution is -0.127. The van der Waals surface area contributed by atoms with E-state index in [0.717, 1.165) is 10.0 Å². The van der Waals surface area contributed by atoms with E-state index in [4.69, 9.17) is 0 Å². The van der Waals surface area contributed by atoms with Crippen molar-refractivity contribution in [2.45, 2.75) is 6.92 Å². The van der Waals surface area contributed by atoms with E-state index >= 15 is 0 Å². The number of halogens is 1. The molecule has 0 saturated carbocycles. The van der Waals surface area contributed by atoms with Crippen LogP contribution in [0.4, 0.5) is 0 Å². The normalized spacial score (nSPS) is 9.88. The summed E-state index contributed by atoms with van der Waals surface area (Å²) in [5.74, 6) is -0.395. The van der Waals surface area contributed by atoms with Crippen LogP contribution in [0.25, 0.3) is 0 Å². The average molecular weight is 299 g/mol. The first-order chi connectivity index (χ1) is 7.91. The van der Waals surface area contributed by atoms with Crippen molar-refractivity contribution >= 4 is 27.7 Å². The zero-order chi connectivity index (χ0) is 13.0. The number of benzene rings is 1. The Morgan fingerprint density at radius 3 is 2.53 bits per heavy atom. The summed E-state index contributed by atoms with van der Waals surface area (Å²) in [4.78, 5) is 24.5. The van der Waals surface area contributed by atoms with Gasteiger partial charge in [-0.1, -0.05) is 6.07 Å². The molecule has 0 unspecified atom stereocenters. The maximum absolute atomic E-state index is 11.8. The van der Waals surface area contributed by atoms with Crippen molar-refractivity contribution in [2.75, 3.05) is 20.6 Å². The second-order valence-electron chi connectivity index (χ2n) is 3.95. The SMILES string of the molecule is Cc1ccc(C(=O)NCC(=O)N(C)C)c(Br)c1. The fraction of sp³-hybridized carbons (Fsp3) is 0.333. The van der Waals surface area contributed by atoms with Crippen LogP contribution in [0.15, 0.2) is 22.7 Å². The second-order valence-corrected chi connectivity index (χ2v) is 4.81. The van der Waals surface area contributed by atoms with Crippen LogP contribution >= 0.6 is 15.9 Å². The number of carbonyl (C=O) groups excluding carboxylic acids is 2. The number of aryl methyl sites for hydroxylation is 1. The molecule has 0 aliphatic rings. The molecule has 0 aliphatic carbocycles. The molecule has 5 heteroatoms. The largest absolute Gasteiger partial charge is 0.347 e. The zero-order valence-corrected chi connectivity index (χ0v) is 11.7. The highest BCUT2D eigenvalue weighted by Gasteiger charge is 2.11. The minimum atomic E-state index is -0.257. The van der Waals surface area contributed by atoms with Crippen molar-refractivity contribution in [3.8, 4) is 0 Å². The maximum Gasteiger partial charge on any atom is 0.252 e. The minimum absolute atomic E-state index is 0.00610. The second kappa shape index (κ2) is 5.82. The zero-order valence-electron chi connectivity index (χ0n) is 10.1. The lowest BCUT2D eigenvalue weighted by atomic mass is 10.1. The van der Waals surface area contributed by atoms with Crippen molar-refractivity contribution in [1.29, 1.82) is 0 Å². The van der Waals surface area contributed by atoms with E-state index in [2.05, 4.69) is 21.2 Å². The van der Waals surface area contributed by atoms with Crippen molar-refractivity contribution in [3.05, 3.63) is 33.8 Å². The Balaban J connectivity index is 2.68. The molecule has 1 rings (SSSR count). The van der Waals surface area contributed by atoms with Gasteiger partial charge in [0.25, 0.3) is 5.91 Å². The Labute approximate surface area is 109 Å². The van der Waals surface area contributed by atoms with Gasteiger partial charge in [0, 0.05) is 18.6 Å². The van der Waals surface area contributed by atoms with E-state index in [1.54, 1.807) is 20.2 Å². The van der Waals surface area contributed by atoms with Crippen molar-refractivity contribution < 1.29 is 9.59 Å². The van der Waals surface area contributed by atoms with Crippen LogP contribution in [-0.2, 0) is 4.79 Å². The van der Waals surface area contributed by atoms with E-state index in [1.165, 1.54) is 4.90 Å². The summed E-state index contributed by atoms with van der Waals surface area (Å²) >= 11 is 3.33. The minimum Gasteiger partial charge on any atom is -0.347 e. The molecule has 1 N–H and O–H groups in total. The molecule has 0 spiro atoms. The molecule has 1 aromatic rings. The van der Waals surface area contributed by atoms with Crippen LogP contribution < -0.4 is 5.32 Å². The molecular weight excluding hydrogens is 284 g/mol. The van der Waals surface area contributed by atoms with Gasteiger partial charge in [-0.25, -0.2) is 0 Å². The van der Waals surface area contributed by atoms with Gasteiger partial charge in [0.05, 0.1) is 12.1 Å². The molecule has 0 radical (unpaired) electrons. The van der Waals surface area contributed by atoms with Crippen molar-refractivity contribution in [2.24, 2.45) is 0 Å². The molecule has 92 valence electrons. The lowest BCUT2D eigenvalue weighted by Gasteiger charge is -2.11. The third kappa shape index (κ3) is 3.85. The molecule has 0 bridgehead atoms. The molecule has 17 heavy (non-hydrogen) atoms. The molecule has 0 fully saturated rings. The van der Waals surface area contributed by atoms with E-state index in [0.29, 0.717) is 5.56 Å². The van der Waals surface area contributed by atoms with Crippen LogP contribution in [0, 0.1) is 6.92 Å². The fourth-order valence-electron chi connectivity index (χ4n) is 1.21. The van der Waals surface area contributed by atoms with Gasteiger partial charge in [-0.15, -0.1) is 0 Å². The highest BCUT2D eigenvalue weighted by Crippen LogP contribution is 2.17. The smallest absolute Gasteiger partial charge is 0.252 e. The topological polar surface area (TPSA) is 49.4 Å². The van der Waals surface area contributed by atoms with Crippen LogP contribution in [0.5, 0.6) is 0 Å². The van der Waals surface area contributed by atoms with Gasteiger partial charge in [-0.2, -0.15) is 0 Å². The third-order valence-electron chi connectivity index (χ3n) is 2.27. The average Bonchev–Trinajstić information content (AvgIpc) is 2.25. The molecule has 0 aromatic heterocycles. The van der Waals surface area contributed by atoms with Gasteiger partial charge in [0.1, 0.15) is 0 Å². The number of hydrogen-bond acceptors (Lipinski definition) is 2. The number of nitrogens with one attached hydrogen (secondary N) is 1. The summed E-state index contributed by atoms with van der Waals surface area (Å²) in [6, 6.07) is 5.45. The predicted octanol–water partition coefficient (Wildman–Crippen LogP) is 1.58. The Morgan fingerprint density at radius 1 is 1.35 bits per heavy atom. The van der Waals surface area contributed by atoms with Gasteiger partial charge in [-0.05, 0) is 40.5 Å². The van der Waals surface area contributed by atoms with E-state index in [-0.39, 0.29) is 18.4 Å². The summed E-state index contributed by atoms with van der Waals surface area (Å²) in [6.07, 6.45) is 0. The van der Waals surface area contributed by atoms with Crippen LogP contribution in [0.3, 0.4) is 0 Å². The van der Waals surface area contributed by atoms with Crippen LogP contribution in [-0.4, -0.2) is 37.4 Å². The molecular formula is C12H15BrN2O2. The molecule has 0 heterocycles. The highest BCUT2D eigenvalue weighted by molar-refractivity contribution is 9.10. The Morgan fingerprint density at radius 2 is 2.00 bits per heavy atom. The molecule has 0 saturated heterocycles. The monoisotopic (exact) mass is 298 g/mol. The summed E-state index contributed by atoms with van der Waals surface area (Å²) in [5, 5.41) is 2.58. The number of rotatable bonds is 3. The molecule has 0 aliphatic heterocycles. The number of likely N-dealkylation sites (N-methyl/N-ethyl adjacent to an activating group) is 1. The first-order valence-electron chi connectivity index (χ1n) is 5.16. The predicted molar refractivity (Wildman–Crippen MR) is 69.9 cm³/mol. The van der Waals surface area contributed by atoms with Crippen molar-refractivity contribution in [3.63, 3.8) is 0 Å². The fourth-order valence-corrected chi connectivity index (χ4v) is 1.89. The van der Waals surface area contributed by atoms with Gasteiger partial charge in [-0.3, -0.25) is 9.59 Å². The van der Waals surface area contributed by atoms with Crippen LogP contribution in [0.2, 0.25) is 0 Å². The van der Waals surface area contributed by atoms with Gasteiger partial charge >= 0.3 is 0 Å². The van der Waals surface area contributed by atoms with Crippen molar-refractivity contribution in [1.82, 2.24) is 10.2 Å². The van der Waals surface area contributed by atoms with Crippen LogP contribution in [0.1, 0.15) is 15.9 Å². The third-order valence-corrected chi connectivity index (χ3v) is 2.92. The molecule has 1 aromatic carbocycles. The van der Waals surface area contributed by atoms with E-state index in [9.17, 15) is 9.59 Å². The summed E-state index contributed by atoms with van der Waals surface area (Å²) in [5.41, 5.74) is 1.60. The Kier molecular flexibility index (Phi) is 4.69. The Hall–Kier alpha value is -1.36. The maximum atomic E-state index is 11.8. The van der Waals surface area contributed by atoms with Gasteiger partial charge < -0.3 is 10.2 Å². The van der Waals surface area contributed by atoms with E-state index in [1.807, 2.05) is 19.1 Å². The van der Waals surface area contributed by atoms with Gasteiger partial charge in [0.15, 0.2) is 0 Å². The molecule has 2 amide bonds. The number of amides is 2. The highest BCUT2D eigenvalue weighted by atomic mass is 79.9. The first kappa shape index (κ1) is 13.7. The summed E-state index contributed by atoms with van der Waals surface area (Å²) in [6.45, 7) is 1.95. The quantitative estimate of drug-likeness (QED) is 0.921. The summed E-state index contributed by atoms with van der Waals surface area (Å²) in [7, 11) is 3.30. The number of hydrogen-bond donors (Lipinski definition) is 1. The molecule has 4 nitrogen and oxygen atoms in total. The Bertz CT molecular complexity index is 444.